The van der Waals surface area contributed by atoms with Crippen LogP contribution in [0.15, 0.2) is 48.7 Å². The summed E-state index contributed by atoms with van der Waals surface area (Å²) >= 11 is 0. The van der Waals surface area contributed by atoms with E-state index in [0.717, 1.165) is 23.1 Å². The van der Waals surface area contributed by atoms with Crippen molar-refractivity contribution < 1.29 is 4.39 Å². The molecule has 0 atom stereocenters. The summed E-state index contributed by atoms with van der Waals surface area (Å²) < 4.78 is 15.5. The lowest BCUT2D eigenvalue weighted by atomic mass is 10.3. The van der Waals surface area contributed by atoms with E-state index in [1.807, 2.05) is 31.7 Å². The molecular formula is C20H25FN6. The van der Waals surface area contributed by atoms with Crippen LogP contribution in [0.4, 0.5) is 4.39 Å². The molecule has 0 saturated heterocycles. The van der Waals surface area contributed by atoms with Crippen LogP contribution in [0.5, 0.6) is 0 Å². The Morgan fingerprint density at radius 1 is 1.37 bits per heavy atom. The minimum absolute atomic E-state index is 0.401. The van der Waals surface area contributed by atoms with Gasteiger partial charge >= 0.3 is 0 Å². The van der Waals surface area contributed by atoms with E-state index < -0.39 is 5.95 Å². The van der Waals surface area contributed by atoms with Crippen molar-refractivity contribution in [2.24, 2.45) is 12.0 Å². The molecule has 7 heteroatoms. The monoisotopic (exact) mass is 368 g/mol. The van der Waals surface area contributed by atoms with E-state index in [9.17, 15) is 4.39 Å². The molecule has 0 aromatic carbocycles. The van der Waals surface area contributed by atoms with Gasteiger partial charge in [-0.2, -0.15) is 4.39 Å². The molecule has 1 aliphatic rings. The number of nitrogens with one attached hydrogen (secondary N) is 1. The summed E-state index contributed by atoms with van der Waals surface area (Å²) in [6.07, 6.45) is 6.99. The highest BCUT2D eigenvalue weighted by atomic mass is 19.1. The Kier molecular flexibility index (Phi) is 7.05. The first kappa shape index (κ1) is 20.1. The van der Waals surface area contributed by atoms with Crippen LogP contribution in [-0.2, 0) is 13.6 Å². The van der Waals surface area contributed by atoms with E-state index in [1.54, 1.807) is 23.2 Å². The molecule has 0 saturated carbocycles. The second-order valence-electron chi connectivity index (χ2n) is 5.41. The molecule has 1 aliphatic heterocycles. The van der Waals surface area contributed by atoms with Gasteiger partial charge in [0.15, 0.2) is 5.84 Å². The largest absolute Gasteiger partial charge is 0.386 e. The SMILES string of the molecule is C=CN=C(c1cccc(F)n1)N(C=C)Cc1nc2c(n1C)=CCNC=2.CC. The van der Waals surface area contributed by atoms with Crippen molar-refractivity contribution in [2.45, 2.75) is 20.4 Å². The molecule has 0 fully saturated rings. The lowest BCUT2D eigenvalue weighted by Gasteiger charge is -2.21. The molecule has 0 unspecified atom stereocenters. The van der Waals surface area contributed by atoms with Gasteiger partial charge in [-0.3, -0.25) is 0 Å². The third kappa shape index (κ3) is 4.49. The third-order valence-electron chi connectivity index (χ3n) is 3.87. The van der Waals surface area contributed by atoms with E-state index in [1.165, 1.54) is 12.3 Å². The second kappa shape index (κ2) is 9.47. The van der Waals surface area contributed by atoms with E-state index in [0.29, 0.717) is 18.1 Å². The number of imidazole rings is 1. The van der Waals surface area contributed by atoms with Gasteiger partial charge in [-0.05, 0) is 24.4 Å². The summed E-state index contributed by atoms with van der Waals surface area (Å²) in [7, 11) is 1.96. The fraction of sp³-hybridized carbons (Fsp3) is 0.250. The summed E-state index contributed by atoms with van der Waals surface area (Å²) in [5, 5.41) is 5.09. The molecule has 1 N–H and O–H groups in total. The van der Waals surface area contributed by atoms with E-state index in [4.69, 9.17) is 0 Å². The molecule has 142 valence electrons. The van der Waals surface area contributed by atoms with Crippen LogP contribution in [0.1, 0.15) is 25.4 Å². The second-order valence-corrected chi connectivity index (χ2v) is 5.41. The average molecular weight is 368 g/mol. The normalized spacial score (nSPS) is 12.4. The Balaban J connectivity index is 0.00000126. The molecule has 2 aromatic rings. The number of fused-ring (bicyclic) bond motifs is 1. The van der Waals surface area contributed by atoms with Crippen molar-refractivity contribution in [1.82, 2.24) is 24.8 Å². The molecule has 27 heavy (non-hydrogen) atoms. The fourth-order valence-electron chi connectivity index (χ4n) is 2.67. The molecule has 6 nitrogen and oxygen atoms in total. The van der Waals surface area contributed by atoms with Crippen molar-refractivity contribution in [2.75, 3.05) is 6.54 Å². The highest BCUT2D eigenvalue weighted by Gasteiger charge is 2.16. The maximum absolute atomic E-state index is 13.5. The van der Waals surface area contributed by atoms with E-state index in [2.05, 4.69) is 39.5 Å². The summed E-state index contributed by atoms with van der Waals surface area (Å²) in [5.41, 5.74) is 0.401. The van der Waals surface area contributed by atoms with Gasteiger partial charge in [-0.25, -0.2) is 15.0 Å². The van der Waals surface area contributed by atoms with E-state index >= 15 is 0 Å². The van der Waals surface area contributed by atoms with Crippen LogP contribution in [0.25, 0.3) is 12.3 Å². The number of aliphatic imine (C=N–C) groups is 1. The predicted octanol–water partition coefficient (Wildman–Crippen LogP) is 1.64. The summed E-state index contributed by atoms with van der Waals surface area (Å²) in [6, 6.07) is 4.57. The minimum Gasteiger partial charge on any atom is -0.386 e. The maximum Gasteiger partial charge on any atom is 0.213 e. The molecule has 0 amide bonds. The molecule has 0 bridgehead atoms. The summed E-state index contributed by atoms with van der Waals surface area (Å²) in [6.45, 7) is 12.7. The number of halogens is 1. The quantitative estimate of drug-likeness (QED) is 0.495. The van der Waals surface area contributed by atoms with Crippen LogP contribution in [0, 0.1) is 5.95 Å². The van der Waals surface area contributed by atoms with Gasteiger partial charge in [0, 0.05) is 26.0 Å². The molecule has 0 aliphatic carbocycles. The van der Waals surface area contributed by atoms with Crippen molar-refractivity contribution in [3.05, 3.63) is 71.9 Å². The van der Waals surface area contributed by atoms with Gasteiger partial charge in [0.25, 0.3) is 0 Å². The standard InChI is InChI=1S/C18H19FN6.C2H6/c1-4-21-18(13-7-6-8-16(19)22-13)25(5-2)12-17-23-14-11-20-10-9-15(14)24(17)3;1-2/h4-9,11,20H,1-2,10,12H2,3H3;1-2H3. The highest BCUT2D eigenvalue weighted by Crippen LogP contribution is 2.09. The zero-order valence-electron chi connectivity index (χ0n) is 16.0. The Hall–Kier alpha value is -3.22. The van der Waals surface area contributed by atoms with Crippen LogP contribution in [0.2, 0.25) is 0 Å². The minimum atomic E-state index is -0.569. The molecule has 2 aromatic heterocycles. The maximum atomic E-state index is 13.5. The number of hydrogen-bond donors (Lipinski definition) is 1. The van der Waals surface area contributed by atoms with Gasteiger partial charge in [-0.1, -0.05) is 33.1 Å². The average Bonchev–Trinajstić information content (AvgIpc) is 3.02. The molecule has 3 rings (SSSR count). The zero-order valence-corrected chi connectivity index (χ0v) is 16.0. The van der Waals surface area contributed by atoms with Crippen molar-refractivity contribution in [1.29, 1.82) is 0 Å². The summed E-state index contributed by atoms with van der Waals surface area (Å²) in [5.74, 6) is 0.715. The molecule has 0 radical (unpaired) electrons. The first-order valence-electron chi connectivity index (χ1n) is 8.80. The Bertz CT molecular complexity index is 957. The number of hydrogen-bond acceptors (Lipinski definition) is 4. The smallest absolute Gasteiger partial charge is 0.213 e. The third-order valence-corrected chi connectivity index (χ3v) is 3.87. The van der Waals surface area contributed by atoms with Crippen LogP contribution < -0.4 is 16.0 Å². The highest BCUT2D eigenvalue weighted by molar-refractivity contribution is 5.97. The van der Waals surface area contributed by atoms with Crippen LogP contribution in [-0.4, -0.2) is 31.8 Å². The predicted molar refractivity (Wildman–Crippen MR) is 107 cm³/mol. The topological polar surface area (TPSA) is 58.3 Å². The number of amidine groups is 1. The zero-order chi connectivity index (χ0) is 19.8. The lowest BCUT2D eigenvalue weighted by molar-refractivity contribution is 0.514. The van der Waals surface area contributed by atoms with Gasteiger partial charge in [0.2, 0.25) is 5.95 Å². The lowest BCUT2D eigenvalue weighted by Crippen LogP contribution is -2.36. The number of aromatic nitrogens is 3. The fourth-order valence-corrected chi connectivity index (χ4v) is 2.67. The Labute approximate surface area is 158 Å². The van der Waals surface area contributed by atoms with Gasteiger partial charge in [0.05, 0.1) is 11.9 Å². The first-order chi connectivity index (χ1) is 13.1. The van der Waals surface area contributed by atoms with Gasteiger partial charge in [0.1, 0.15) is 16.9 Å². The van der Waals surface area contributed by atoms with Crippen molar-refractivity contribution in [3.63, 3.8) is 0 Å². The molecule has 3 heterocycles. The van der Waals surface area contributed by atoms with Gasteiger partial charge < -0.3 is 14.8 Å². The van der Waals surface area contributed by atoms with Gasteiger partial charge in [-0.15, -0.1) is 0 Å². The Morgan fingerprint density at radius 3 is 2.78 bits per heavy atom. The number of pyridine rings is 1. The van der Waals surface area contributed by atoms with Crippen molar-refractivity contribution in [3.8, 4) is 0 Å². The number of nitrogens with zero attached hydrogens (tertiary/aromatic N) is 5. The number of rotatable bonds is 5. The van der Waals surface area contributed by atoms with E-state index in [-0.39, 0.29) is 0 Å². The van der Waals surface area contributed by atoms with Crippen molar-refractivity contribution >= 4 is 18.1 Å². The Morgan fingerprint density at radius 2 is 2.15 bits per heavy atom. The first-order valence-corrected chi connectivity index (χ1v) is 8.80. The summed E-state index contributed by atoms with van der Waals surface area (Å²) in [4.78, 5) is 14.6. The molecule has 0 spiro atoms. The van der Waals surface area contributed by atoms with Crippen LogP contribution >= 0.6 is 0 Å². The van der Waals surface area contributed by atoms with Crippen LogP contribution in [0.3, 0.4) is 0 Å². The molecular weight excluding hydrogens is 343 g/mol.